The van der Waals surface area contributed by atoms with Crippen molar-refractivity contribution in [1.29, 1.82) is 0 Å². The zero-order chi connectivity index (χ0) is 21.1. The molecule has 0 aliphatic carbocycles. The SMILES string of the molecule is CC(C)c1[nH]c(-c2ccc(Br)cc2)c(-c2ccccc2)c1C(=O)Nc1ccccc1. The van der Waals surface area contributed by atoms with Crippen LogP contribution in [0.1, 0.15) is 35.8 Å². The van der Waals surface area contributed by atoms with Gasteiger partial charge in [-0.1, -0.05) is 90.4 Å². The molecule has 0 radical (unpaired) electrons. The number of para-hydroxylation sites is 1. The lowest BCUT2D eigenvalue weighted by Gasteiger charge is -2.12. The van der Waals surface area contributed by atoms with Crippen molar-refractivity contribution in [3.63, 3.8) is 0 Å². The Balaban J connectivity index is 1.93. The van der Waals surface area contributed by atoms with Crippen molar-refractivity contribution in [2.45, 2.75) is 19.8 Å². The number of carbonyl (C=O) groups excluding carboxylic acids is 1. The van der Waals surface area contributed by atoms with Crippen LogP contribution in [0.3, 0.4) is 0 Å². The third kappa shape index (κ3) is 4.10. The Hall–Kier alpha value is -3.11. The Bertz CT molecular complexity index is 1150. The lowest BCUT2D eigenvalue weighted by molar-refractivity contribution is 0.102. The molecule has 0 unspecified atom stereocenters. The van der Waals surface area contributed by atoms with E-state index in [0.717, 1.165) is 38.2 Å². The molecular formula is C26H23BrN2O. The smallest absolute Gasteiger partial charge is 0.258 e. The normalized spacial score (nSPS) is 10.9. The largest absolute Gasteiger partial charge is 0.357 e. The van der Waals surface area contributed by atoms with E-state index in [9.17, 15) is 4.79 Å². The van der Waals surface area contributed by atoms with E-state index in [1.807, 2.05) is 60.7 Å². The number of hydrogen-bond donors (Lipinski definition) is 2. The van der Waals surface area contributed by atoms with E-state index in [0.29, 0.717) is 5.56 Å². The summed E-state index contributed by atoms with van der Waals surface area (Å²) in [6.07, 6.45) is 0. The zero-order valence-electron chi connectivity index (χ0n) is 16.9. The number of carbonyl (C=O) groups is 1. The molecular weight excluding hydrogens is 436 g/mol. The van der Waals surface area contributed by atoms with Gasteiger partial charge in [0.1, 0.15) is 0 Å². The molecule has 1 aromatic heterocycles. The summed E-state index contributed by atoms with van der Waals surface area (Å²) in [5.41, 5.74) is 6.33. The van der Waals surface area contributed by atoms with E-state index < -0.39 is 0 Å². The van der Waals surface area contributed by atoms with Crippen molar-refractivity contribution in [3.05, 3.63) is 101 Å². The third-order valence-electron chi connectivity index (χ3n) is 5.06. The van der Waals surface area contributed by atoms with E-state index in [-0.39, 0.29) is 11.8 Å². The Morgan fingerprint density at radius 2 is 1.43 bits per heavy atom. The van der Waals surface area contributed by atoms with Crippen LogP contribution in [0, 0.1) is 0 Å². The standard InChI is InChI=1S/C26H23BrN2O/c1-17(2)24-23(26(30)28-21-11-7-4-8-12-21)22(18-9-5-3-6-10-18)25(29-24)19-13-15-20(27)16-14-19/h3-17,29H,1-2H3,(H,28,30). The first-order chi connectivity index (χ1) is 14.5. The highest BCUT2D eigenvalue weighted by Gasteiger charge is 2.26. The van der Waals surface area contributed by atoms with Crippen LogP contribution in [0.4, 0.5) is 5.69 Å². The fraction of sp³-hybridized carbons (Fsp3) is 0.115. The molecule has 2 N–H and O–H groups in total. The Morgan fingerprint density at radius 3 is 2.03 bits per heavy atom. The maximum absolute atomic E-state index is 13.5. The van der Waals surface area contributed by atoms with Gasteiger partial charge >= 0.3 is 0 Å². The van der Waals surface area contributed by atoms with Crippen LogP contribution >= 0.6 is 15.9 Å². The van der Waals surface area contributed by atoms with Crippen LogP contribution in [0.5, 0.6) is 0 Å². The predicted molar refractivity (Wildman–Crippen MR) is 128 cm³/mol. The molecule has 0 bridgehead atoms. The van der Waals surface area contributed by atoms with Crippen molar-refractivity contribution >= 4 is 27.5 Å². The number of hydrogen-bond acceptors (Lipinski definition) is 1. The molecule has 0 saturated heterocycles. The highest BCUT2D eigenvalue weighted by Crippen LogP contribution is 2.39. The van der Waals surface area contributed by atoms with Gasteiger partial charge in [0.15, 0.2) is 0 Å². The second kappa shape index (κ2) is 8.72. The summed E-state index contributed by atoms with van der Waals surface area (Å²) in [7, 11) is 0. The molecule has 4 aromatic rings. The summed E-state index contributed by atoms with van der Waals surface area (Å²) in [4.78, 5) is 17.1. The first-order valence-electron chi connectivity index (χ1n) is 9.98. The quantitative estimate of drug-likeness (QED) is 0.319. The minimum Gasteiger partial charge on any atom is -0.357 e. The topological polar surface area (TPSA) is 44.9 Å². The molecule has 3 aromatic carbocycles. The molecule has 3 nitrogen and oxygen atoms in total. The second-order valence-electron chi connectivity index (χ2n) is 7.51. The van der Waals surface area contributed by atoms with Gasteiger partial charge in [-0.3, -0.25) is 4.79 Å². The molecule has 0 aliphatic rings. The van der Waals surface area contributed by atoms with Crippen LogP contribution in [0.2, 0.25) is 0 Å². The van der Waals surface area contributed by atoms with Crippen LogP contribution in [-0.2, 0) is 0 Å². The average Bonchev–Trinajstić information content (AvgIpc) is 3.17. The summed E-state index contributed by atoms with van der Waals surface area (Å²) in [5.74, 6) is 0.0524. The van der Waals surface area contributed by atoms with E-state index in [2.05, 4.69) is 64.3 Å². The lowest BCUT2D eigenvalue weighted by atomic mass is 9.94. The van der Waals surface area contributed by atoms with Crippen molar-refractivity contribution in [2.75, 3.05) is 5.32 Å². The van der Waals surface area contributed by atoms with E-state index >= 15 is 0 Å². The minimum absolute atomic E-state index is 0.108. The molecule has 1 amide bonds. The van der Waals surface area contributed by atoms with Gasteiger partial charge in [0, 0.05) is 21.4 Å². The van der Waals surface area contributed by atoms with Gasteiger partial charge in [-0.05, 0) is 41.3 Å². The average molecular weight is 459 g/mol. The first-order valence-corrected chi connectivity index (χ1v) is 10.8. The van der Waals surface area contributed by atoms with Gasteiger partial charge in [0.05, 0.1) is 11.3 Å². The predicted octanol–water partition coefficient (Wildman–Crippen LogP) is 7.49. The first kappa shape index (κ1) is 20.2. The number of rotatable bonds is 5. The highest BCUT2D eigenvalue weighted by atomic mass is 79.9. The van der Waals surface area contributed by atoms with Crippen molar-refractivity contribution in [3.8, 4) is 22.4 Å². The van der Waals surface area contributed by atoms with Gasteiger partial charge < -0.3 is 10.3 Å². The molecule has 30 heavy (non-hydrogen) atoms. The van der Waals surface area contributed by atoms with Gasteiger partial charge in [-0.2, -0.15) is 0 Å². The Kier molecular flexibility index (Phi) is 5.86. The van der Waals surface area contributed by atoms with Crippen molar-refractivity contribution in [1.82, 2.24) is 4.98 Å². The zero-order valence-corrected chi connectivity index (χ0v) is 18.5. The van der Waals surface area contributed by atoms with Crippen LogP contribution in [0.15, 0.2) is 89.4 Å². The molecule has 0 atom stereocenters. The number of aromatic amines is 1. The third-order valence-corrected chi connectivity index (χ3v) is 5.59. The Labute approximate surface area is 185 Å². The summed E-state index contributed by atoms with van der Waals surface area (Å²) in [6, 6.07) is 27.8. The van der Waals surface area contributed by atoms with E-state index in [1.54, 1.807) is 0 Å². The fourth-order valence-electron chi connectivity index (χ4n) is 3.63. The molecule has 0 aliphatic heterocycles. The van der Waals surface area contributed by atoms with Gasteiger partial charge in [0.25, 0.3) is 5.91 Å². The second-order valence-corrected chi connectivity index (χ2v) is 8.43. The van der Waals surface area contributed by atoms with Gasteiger partial charge in [-0.15, -0.1) is 0 Å². The summed E-state index contributed by atoms with van der Waals surface area (Å²) in [5, 5.41) is 3.07. The minimum atomic E-state index is -0.108. The number of anilines is 1. The van der Waals surface area contributed by atoms with Gasteiger partial charge in [-0.25, -0.2) is 0 Å². The summed E-state index contributed by atoms with van der Waals surface area (Å²) < 4.78 is 1.02. The number of halogens is 1. The van der Waals surface area contributed by atoms with E-state index in [1.165, 1.54) is 0 Å². The maximum atomic E-state index is 13.5. The molecule has 0 spiro atoms. The Morgan fingerprint density at radius 1 is 0.833 bits per heavy atom. The fourth-order valence-corrected chi connectivity index (χ4v) is 3.89. The molecule has 4 rings (SSSR count). The van der Waals surface area contributed by atoms with Crippen LogP contribution in [-0.4, -0.2) is 10.9 Å². The monoisotopic (exact) mass is 458 g/mol. The van der Waals surface area contributed by atoms with Crippen molar-refractivity contribution in [2.24, 2.45) is 0 Å². The summed E-state index contributed by atoms with van der Waals surface area (Å²) >= 11 is 3.51. The van der Waals surface area contributed by atoms with Crippen LogP contribution in [0.25, 0.3) is 22.4 Å². The number of benzene rings is 3. The molecule has 0 fully saturated rings. The van der Waals surface area contributed by atoms with Crippen LogP contribution < -0.4 is 5.32 Å². The van der Waals surface area contributed by atoms with Gasteiger partial charge in [0.2, 0.25) is 0 Å². The maximum Gasteiger partial charge on any atom is 0.258 e. The lowest BCUT2D eigenvalue weighted by Crippen LogP contribution is -2.14. The summed E-state index contributed by atoms with van der Waals surface area (Å²) in [6.45, 7) is 4.20. The highest BCUT2D eigenvalue weighted by molar-refractivity contribution is 9.10. The molecule has 1 heterocycles. The number of aromatic nitrogens is 1. The molecule has 0 saturated carbocycles. The van der Waals surface area contributed by atoms with Crippen molar-refractivity contribution < 1.29 is 4.79 Å². The number of amides is 1. The number of nitrogens with one attached hydrogen (secondary N) is 2. The molecule has 4 heteroatoms. The number of H-pyrrole nitrogens is 1. The molecule has 150 valence electrons. The van der Waals surface area contributed by atoms with E-state index in [4.69, 9.17) is 0 Å².